The number of hydrogen-bond acceptors (Lipinski definition) is 3. The van der Waals surface area contributed by atoms with Crippen LogP contribution in [0.1, 0.15) is 17.3 Å². The first kappa shape index (κ1) is 11.0. The molecule has 1 aliphatic heterocycles. The molecule has 0 spiro atoms. The van der Waals surface area contributed by atoms with Gasteiger partial charge in [-0.2, -0.15) is 0 Å². The van der Waals surface area contributed by atoms with Gasteiger partial charge in [0.15, 0.2) is 0 Å². The Labute approximate surface area is 95.0 Å². The van der Waals surface area contributed by atoms with Gasteiger partial charge in [-0.1, -0.05) is 0 Å². The van der Waals surface area contributed by atoms with Crippen LogP contribution < -0.4 is 10.5 Å². The number of nitrogens with zero attached hydrogens (tertiary/aromatic N) is 1. The van der Waals surface area contributed by atoms with Gasteiger partial charge in [0.2, 0.25) is 0 Å². The van der Waals surface area contributed by atoms with E-state index < -0.39 is 0 Å². The molecule has 1 amide bonds. The molecule has 0 bridgehead atoms. The SMILES string of the molecule is CCOc1ccc(C(=O)N2CC(N)C2)cc1. The molecule has 0 aliphatic carbocycles. The zero-order valence-corrected chi connectivity index (χ0v) is 9.35. The minimum Gasteiger partial charge on any atom is -0.494 e. The van der Waals surface area contributed by atoms with Crippen LogP contribution in [0.5, 0.6) is 5.75 Å². The van der Waals surface area contributed by atoms with Crippen LogP contribution in [-0.4, -0.2) is 36.5 Å². The highest BCUT2D eigenvalue weighted by atomic mass is 16.5. The average Bonchev–Trinajstić information content (AvgIpc) is 2.25. The summed E-state index contributed by atoms with van der Waals surface area (Å²) in [5.41, 5.74) is 6.32. The Morgan fingerprint density at radius 2 is 2.06 bits per heavy atom. The zero-order chi connectivity index (χ0) is 11.5. The second-order valence-corrected chi connectivity index (χ2v) is 3.93. The quantitative estimate of drug-likeness (QED) is 0.822. The van der Waals surface area contributed by atoms with Crippen molar-refractivity contribution >= 4 is 5.91 Å². The number of carbonyl (C=O) groups excluding carboxylic acids is 1. The van der Waals surface area contributed by atoms with Crippen LogP contribution in [0.25, 0.3) is 0 Å². The Morgan fingerprint density at radius 3 is 2.56 bits per heavy atom. The highest BCUT2D eigenvalue weighted by Crippen LogP contribution is 2.16. The van der Waals surface area contributed by atoms with Crippen LogP contribution in [0.15, 0.2) is 24.3 Å². The lowest BCUT2D eigenvalue weighted by atomic mass is 10.1. The summed E-state index contributed by atoms with van der Waals surface area (Å²) in [4.78, 5) is 13.6. The fraction of sp³-hybridized carbons (Fsp3) is 0.417. The van der Waals surface area contributed by atoms with E-state index in [1.165, 1.54) is 0 Å². The van der Waals surface area contributed by atoms with Crippen molar-refractivity contribution in [1.82, 2.24) is 4.90 Å². The predicted octanol–water partition coefficient (Wildman–Crippen LogP) is 0.868. The van der Waals surface area contributed by atoms with Crippen molar-refractivity contribution in [2.75, 3.05) is 19.7 Å². The minimum atomic E-state index is 0.0461. The summed E-state index contributed by atoms with van der Waals surface area (Å²) in [5, 5.41) is 0. The molecule has 1 fully saturated rings. The summed E-state index contributed by atoms with van der Waals surface area (Å²) in [7, 11) is 0. The lowest BCUT2D eigenvalue weighted by Gasteiger charge is -2.36. The van der Waals surface area contributed by atoms with E-state index in [2.05, 4.69) is 0 Å². The molecule has 0 unspecified atom stereocenters. The van der Waals surface area contributed by atoms with Gasteiger partial charge >= 0.3 is 0 Å². The molecule has 4 nitrogen and oxygen atoms in total. The molecule has 2 rings (SSSR count). The first-order valence-corrected chi connectivity index (χ1v) is 5.48. The minimum absolute atomic E-state index is 0.0461. The molecule has 16 heavy (non-hydrogen) atoms. The van der Waals surface area contributed by atoms with Gasteiger partial charge in [-0.15, -0.1) is 0 Å². The second-order valence-electron chi connectivity index (χ2n) is 3.93. The molecule has 1 aromatic rings. The van der Waals surface area contributed by atoms with Crippen LogP contribution >= 0.6 is 0 Å². The maximum atomic E-state index is 11.9. The van der Waals surface area contributed by atoms with Gasteiger partial charge in [0.25, 0.3) is 5.91 Å². The Bertz CT molecular complexity index is 369. The largest absolute Gasteiger partial charge is 0.494 e. The van der Waals surface area contributed by atoms with E-state index in [0.29, 0.717) is 25.3 Å². The van der Waals surface area contributed by atoms with Gasteiger partial charge in [-0.25, -0.2) is 0 Å². The number of benzene rings is 1. The number of likely N-dealkylation sites (tertiary alicyclic amines) is 1. The predicted molar refractivity (Wildman–Crippen MR) is 61.5 cm³/mol. The molecule has 4 heteroatoms. The fourth-order valence-corrected chi connectivity index (χ4v) is 1.72. The summed E-state index contributed by atoms with van der Waals surface area (Å²) >= 11 is 0. The Morgan fingerprint density at radius 1 is 1.44 bits per heavy atom. The summed E-state index contributed by atoms with van der Waals surface area (Å²) in [5.74, 6) is 0.837. The van der Waals surface area contributed by atoms with E-state index in [1.54, 1.807) is 17.0 Å². The molecule has 86 valence electrons. The Kier molecular flexibility index (Phi) is 3.10. The number of amides is 1. The number of hydrogen-bond donors (Lipinski definition) is 1. The van der Waals surface area contributed by atoms with Gasteiger partial charge in [0.05, 0.1) is 6.61 Å². The van der Waals surface area contributed by atoms with Crippen molar-refractivity contribution in [3.63, 3.8) is 0 Å². The molecule has 1 aliphatic rings. The van der Waals surface area contributed by atoms with Crippen molar-refractivity contribution in [3.05, 3.63) is 29.8 Å². The van der Waals surface area contributed by atoms with Crippen LogP contribution in [0.2, 0.25) is 0 Å². The molecule has 0 saturated carbocycles. The molecular formula is C12H16N2O2. The maximum Gasteiger partial charge on any atom is 0.253 e. The molecule has 0 radical (unpaired) electrons. The van der Waals surface area contributed by atoms with Crippen LogP contribution in [0.4, 0.5) is 0 Å². The average molecular weight is 220 g/mol. The standard InChI is InChI=1S/C12H16N2O2/c1-2-16-11-5-3-9(4-6-11)12(15)14-7-10(13)8-14/h3-6,10H,2,7-8,13H2,1H3. The number of carbonyl (C=O) groups is 1. The molecule has 1 heterocycles. The molecule has 2 N–H and O–H groups in total. The topological polar surface area (TPSA) is 55.6 Å². The van der Waals surface area contributed by atoms with Crippen molar-refractivity contribution in [1.29, 1.82) is 0 Å². The van der Waals surface area contributed by atoms with E-state index in [0.717, 1.165) is 5.75 Å². The second kappa shape index (κ2) is 4.53. The lowest BCUT2D eigenvalue weighted by Crippen LogP contribution is -2.57. The highest BCUT2D eigenvalue weighted by molar-refractivity contribution is 5.94. The van der Waals surface area contributed by atoms with Gasteiger partial charge in [0.1, 0.15) is 5.75 Å². The molecular weight excluding hydrogens is 204 g/mol. The maximum absolute atomic E-state index is 11.9. The summed E-state index contributed by atoms with van der Waals surface area (Å²) < 4.78 is 5.31. The number of ether oxygens (including phenoxy) is 1. The smallest absolute Gasteiger partial charge is 0.253 e. The molecule has 1 saturated heterocycles. The van der Waals surface area contributed by atoms with Gasteiger partial charge in [-0.05, 0) is 31.2 Å². The number of rotatable bonds is 3. The fourth-order valence-electron chi connectivity index (χ4n) is 1.72. The van der Waals surface area contributed by atoms with Crippen LogP contribution in [0, 0.1) is 0 Å². The first-order valence-electron chi connectivity index (χ1n) is 5.48. The third-order valence-corrected chi connectivity index (χ3v) is 2.61. The van der Waals surface area contributed by atoms with E-state index in [-0.39, 0.29) is 11.9 Å². The number of nitrogens with two attached hydrogens (primary N) is 1. The lowest BCUT2D eigenvalue weighted by molar-refractivity contribution is 0.0608. The van der Waals surface area contributed by atoms with Crippen molar-refractivity contribution in [2.45, 2.75) is 13.0 Å². The van der Waals surface area contributed by atoms with Crippen LogP contribution in [-0.2, 0) is 0 Å². The third-order valence-electron chi connectivity index (χ3n) is 2.61. The summed E-state index contributed by atoms with van der Waals surface area (Å²) in [6, 6.07) is 7.35. The molecule has 0 aromatic heterocycles. The van der Waals surface area contributed by atoms with E-state index in [4.69, 9.17) is 10.5 Å². The van der Waals surface area contributed by atoms with Crippen LogP contribution in [0.3, 0.4) is 0 Å². The summed E-state index contributed by atoms with van der Waals surface area (Å²) in [6.07, 6.45) is 0. The first-order chi connectivity index (χ1) is 7.70. The molecule has 1 aromatic carbocycles. The third kappa shape index (κ3) is 2.17. The molecule has 0 atom stereocenters. The Balaban J connectivity index is 2.01. The van der Waals surface area contributed by atoms with Crippen molar-refractivity contribution in [2.24, 2.45) is 5.73 Å². The van der Waals surface area contributed by atoms with Gasteiger partial charge in [-0.3, -0.25) is 4.79 Å². The van der Waals surface area contributed by atoms with Gasteiger partial charge in [0, 0.05) is 24.7 Å². The monoisotopic (exact) mass is 220 g/mol. The highest BCUT2D eigenvalue weighted by Gasteiger charge is 2.28. The van der Waals surface area contributed by atoms with E-state index in [9.17, 15) is 4.79 Å². The van der Waals surface area contributed by atoms with Gasteiger partial charge < -0.3 is 15.4 Å². The normalized spacial score (nSPS) is 15.8. The van der Waals surface area contributed by atoms with Crippen molar-refractivity contribution < 1.29 is 9.53 Å². The summed E-state index contributed by atoms with van der Waals surface area (Å²) in [6.45, 7) is 3.88. The zero-order valence-electron chi connectivity index (χ0n) is 9.35. The Hall–Kier alpha value is -1.55. The van der Waals surface area contributed by atoms with E-state index in [1.807, 2.05) is 19.1 Å². The van der Waals surface area contributed by atoms with E-state index >= 15 is 0 Å². The van der Waals surface area contributed by atoms with Crippen molar-refractivity contribution in [3.8, 4) is 5.75 Å².